The van der Waals surface area contributed by atoms with Gasteiger partial charge in [0, 0.05) is 25.6 Å². The van der Waals surface area contributed by atoms with Gasteiger partial charge in [0.05, 0.1) is 7.11 Å². The van der Waals surface area contributed by atoms with E-state index in [2.05, 4.69) is 30.8 Å². The Labute approximate surface area is 155 Å². The van der Waals surface area contributed by atoms with E-state index >= 15 is 0 Å². The minimum atomic E-state index is -0.645. The second-order valence-corrected chi connectivity index (χ2v) is 7.46. The maximum atomic E-state index is 12.3. The average molecular weight is 362 g/mol. The number of nitrogens with one attached hydrogen (secondary N) is 1. The Hall–Kier alpha value is -2.37. The molecule has 144 valence electrons. The highest BCUT2D eigenvalue weighted by molar-refractivity contribution is 5.97. The monoisotopic (exact) mass is 362 g/mol. The van der Waals surface area contributed by atoms with E-state index in [9.17, 15) is 14.4 Å². The molecule has 0 spiro atoms. The molecule has 0 bridgehead atoms. The highest BCUT2D eigenvalue weighted by Crippen LogP contribution is 2.22. The number of hydrogen-bond donors (Lipinski definition) is 1. The predicted molar refractivity (Wildman–Crippen MR) is 101 cm³/mol. The van der Waals surface area contributed by atoms with Crippen molar-refractivity contribution in [2.24, 2.45) is 0 Å². The molecule has 1 N–H and O–H groups in total. The van der Waals surface area contributed by atoms with Gasteiger partial charge in [-0.25, -0.2) is 0 Å². The molecule has 0 radical (unpaired) electrons. The van der Waals surface area contributed by atoms with E-state index in [0.29, 0.717) is 18.5 Å². The zero-order valence-electron chi connectivity index (χ0n) is 16.6. The molecule has 0 heterocycles. The molecular formula is C20H30N2O4. The maximum Gasteiger partial charge on any atom is 0.305 e. The summed E-state index contributed by atoms with van der Waals surface area (Å²) >= 11 is 0. The van der Waals surface area contributed by atoms with Crippen LogP contribution in [0.5, 0.6) is 0 Å². The molecule has 0 fully saturated rings. The van der Waals surface area contributed by atoms with Crippen molar-refractivity contribution in [3.05, 3.63) is 35.4 Å². The third kappa shape index (κ3) is 6.50. The van der Waals surface area contributed by atoms with Crippen molar-refractivity contribution in [2.45, 2.75) is 52.0 Å². The lowest BCUT2D eigenvalue weighted by Gasteiger charge is -2.22. The predicted octanol–water partition coefficient (Wildman–Crippen LogP) is 2.51. The number of esters is 1. The summed E-state index contributed by atoms with van der Waals surface area (Å²) in [6.07, 6.45) is 0.777. The Bertz CT molecular complexity index is 632. The Morgan fingerprint density at radius 3 is 2.23 bits per heavy atom. The van der Waals surface area contributed by atoms with Crippen LogP contribution in [0.1, 0.15) is 56.5 Å². The number of hydrogen-bond acceptors (Lipinski definition) is 4. The van der Waals surface area contributed by atoms with Gasteiger partial charge in [-0.15, -0.1) is 0 Å². The van der Waals surface area contributed by atoms with Crippen molar-refractivity contribution in [1.82, 2.24) is 10.2 Å². The Kier molecular flexibility index (Phi) is 7.80. The standard InChI is InChI=1S/C20H30N2O4/c1-14(19(25)22(5)13-7-8-17(23)26-6)21-18(24)15-9-11-16(12-10-15)20(2,3)4/h9-12,14H,7-8,13H2,1-6H3,(H,21,24). The minimum Gasteiger partial charge on any atom is -0.469 e. The largest absolute Gasteiger partial charge is 0.469 e. The molecular weight excluding hydrogens is 332 g/mol. The third-order valence-electron chi connectivity index (χ3n) is 4.21. The lowest BCUT2D eigenvalue weighted by atomic mass is 9.86. The van der Waals surface area contributed by atoms with Gasteiger partial charge in [-0.3, -0.25) is 14.4 Å². The van der Waals surface area contributed by atoms with Gasteiger partial charge >= 0.3 is 5.97 Å². The number of carbonyl (C=O) groups excluding carboxylic acids is 3. The van der Waals surface area contributed by atoms with E-state index in [1.807, 2.05) is 12.1 Å². The molecule has 0 aromatic heterocycles. The van der Waals surface area contributed by atoms with Crippen LogP contribution in [-0.4, -0.2) is 49.4 Å². The number of methoxy groups -OCH3 is 1. The summed E-state index contributed by atoms with van der Waals surface area (Å²) in [5.74, 6) is -0.783. The molecule has 0 saturated heterocycles. The van der Waals surface area contributed by atoms with Crippen molar-refractivity contribution in [3.8, 4) is 0 Å². The van der Waals surface area contributed by atoms with Crippen molar-refractivity contribution >= 4 is 17.8 Å². The number of ether oxygens (including phenoxy) is 1. The smallest absolute Gasteiger partial charge is 0.305 e. The summed E-state index contributed by atoms with van der Waals surface area (Å²) in [7, 11) is 2.99. The van der Waals surface area contributed by atoms with Crippen LogP contribution in [0.25, 0.3) is 0 Å². The lowest BCUT2D eigenvalue weighted by molar-refractivity contribution is -0.141. The molecule has 1 aromatic rings. The van der Waals surface area contributed by atoms with E-state index < -0.39 is 6.04 Å². The zero-order chi connectivity index (χ0) is 19.9. The molecule has 1 rings (SSSR count). The van der Waals surface area contributed by atoms with Gasteiger partial charge in [-0.05, 0) is 36.5 Å². The second-order valence-electron chi connectivity index (χ2n) is 7.46. The molecule has 2 amide bonds. The minimum absolute atomic E-state index is 0.0190. The summed E-state index contributed by atoms with van der Waals surface area (Å²) in [5, 5.41) is 2.72. The summed E-state index contributed by atoms with van der Waals surface area (Å²) in [6.45, 7) is 8.41. The number of likely N-dealkylation sites (N-methyl/N-ethyl adjacent to an activating group) is 1. The Balaban J connectivity index is 2.57. The molecule has 6 heteroatoms. The summed E-state index contributed by atoms with van der Waals surface area (Å²) in [5.41, 5.74) is 1.68. The second kappa shape index (κ2) is 9.36. The highest BCUT2D eigenvalue weighted by Gasteiger charge is 2.21. The van der Waals surface area contributed by atoms with Crippen LogP contribution in [0.3, 0.4) is 0 Å². The van der Waals surface area contributed by atoms with E-state index in [1.165, 1.54) is 12.0 Å². The van der Waals surface area contributed by atoms with Crippen LogP contribution in [0, 0.1) is 0 Å². The SMILES string of the molecule is COC(=O)CCCN(C)C(=O)C(C)NC(=O)c1ccc(C(C)(C)C)cc1. The Morgan fingerprint density at radius 2 is 1.73 bits per heavy atom. The topological polar surface area (TPSA) is 75.7 Å². The number of benzene rings is 1. The highest BCUT2D eigenvalue weighted by atomic mass is 16.5. The van der Waals surface area contributed by atoms with Crippen LogP contribution in [0.15, 0.2) is 24.3 Å². The van der Waals surface area contributed by atoms with Crippen molar-refractivity contribution < 1.29 is 19.1 Å². The summed E-state index contributed by atoms with van der Waals surface area (Å²) in [6, 6.07) is 6.76. The molecule has 26 heavy (non-hydrogen) atoms. The first-order valence-electron chi connectivity index (χ1n) is 8.79. The van der Waals surface area contributed by atoms with E-state index in [4.69, 9.17) is 0 Å². The van der Waals surface area contributed by atoms with Crippen molar-refractivity contribution in [1.29, 1.82) is 0 Å². The third-order valence-corrected chi connectivity index (χ3v) is 4.21. The van der Waals surface area contributed by atoms with Gasteiger partial charge in [0.15, 0.2) is 0 Å². The number of rotatable bonds is 7. The fourth-order valence-electron chi connectivity index (χ4n) is 2.47. The maximum absolute atomic E-state index is 12.3. The molecule has 0 aliphatic carbocycles. The molecule has 1 unspecified atom stereocenters. The first kappa shape index (κ1) is 21.7. The van der Waals surface area contributed by atoms with Gasteiger partial charge in [-0.1, -0.05) is 32.9 Å². The number of carbonyl (C=O) groups is 3. The number of nitrogens with zero attached hydrogens (tertiary/aromatic N) is 1. The number of amides is 2. The molecule has 0 saturated carbocycles. The zero-order valence-corrected chi connectivity index (χ0v) is 16.6. The van der Waals surface area contributed by atoms with E-state index in [-0.39, 0.29) is 29.6 Å². The molecule has 6 nitrogen and oxygen atoms in total. The van der Waals surface area contributed by atoms with Gasteiger partial charge in [0.25, 0.3) is 5.91 Å². The van der Waals surface area contributed by atoms with Gasteiger partial charge in [0.2, 0.25) is 5.91 Å². The summed E-state index contributed by atoms with van der Waals surface area (Å²) < 4.78 is 4.57. The first-order valence-corrected chi connectivity index (χ1v) is 8.79. The normalized spacial score (nSPS) is 12.2. The van der Waals surface area contributed by atoms with Gasteiger partial charge in [-0.2, -0.15) is 0 Å². The fraction of sp³-hybridized carbons (Fsp3) is 0.550. The van der Waals surface area contributed by atoms with Crippen LogP contribution in [0.4, 0.5) is 0 Å². The molecule has 1 aromatic carbocycles. The van der Waals surface area contributed by atoms with Crippen LogP contribution in [0.2, 0.25) is 0 Å². The fourth-order valence-corrected chi connectivity index (χ4v) is 2.47. The van der Waals surface area contributed by atoms with Crippen LogP contribution < -0.4 is 5.32 Å². The van der Waals surface area contributed by atoms with E-state index in [1.54, 1.807) is 26.1 Å². The molecule has 1 atom stereocenters. The van der Waals surface area contributed by atoms with Crippen molar-refractivity contribution in [2.75, 3.05) is 20.7 Å². The lowest BCUT2D eigenvalue weighted by Crippen LogP contribution is -2.45. The average Bonchev–Trinajstić information content (AvgIpc) is 2.59. The molecule has 0 aliphatic rings. The van der Waals surface area contributed by atoms with E-state index in [0.717, 1.165) is 5.56 Å². The van der Waals surface area contributed by atoms with Gasteiger partial charge < -0.3 is 15.0 Å². The van der Waals surface area contributed by atoms with Gasteiger partial charge in [0.1, 0.15) is 6.04 Å². The Morgan fingerprint density at radius 1 is 1.15 bits per heavy atom. The van der Waals surface area contributed by atoms with Crippen LogP contribution in [-0.2, 0) is 19.7 Å². The summed E-state index contributed by atoms with van der Waals surface area (Å²) in [4.78, 5) is 37.3. The first-order chi connectivity index (χ1) is 12.1. The van der Waals surface area contributed by atoms with Crippen LogP contribution >= 0.6 is 0 Å². The molecule has 0 aliphatic heterocycles. The quantitative estimate of drug-likeness (QED) is 0.756. The van der Waals surface area contributed by atoms with Crippen molar-refractivity contribution in [3.63, 3.8) is 0 Å².